The average molecular weight is 396 g/mol. The fourth-order valence-corrected chi connectivity index (χ4v) is 3.90. The molecule has 1 unspecified atom stereocenters. The van der Waals surface area contributed by atoms with Gasteiger partial charge in [0.2, 0.25) is 5.91 Å². The van der Waals surface area contributed by atoms with E-state index in [0.29, 0.717) is 0 Å². The van der Waals surface area contributed by atoms with Crippen molar-refractivity contribution >= 4 is 31.9 Å². The van der Waals surface area contributed by atoms with Crippen LogP contribution in [-0.2, 0) is 21.4 Å². The van der Waals surface area contributed by atoms with E-state index < -0.39 is 20.8 Å². The number of rotatable bonds is 5. The maximum Gasteiger partial charge on any atom is 0.266 e. The van der Waals surface area contributed by atoms with Gasteiger partial charge in [0.05, 0.1) is 16.3 Å². The van der Waals surface area contributed by atoms with Crippen LogP contribution >= 0.6 is 15.9 Å². The number of halogens is 1. The van der Waals surface area contributed by atoms with Gasteiger partial charge in [-0.25, -0.2) is 12.7 Å². The molecular weight excluding hydrogens is 378 g/mol. The molecule has 0 saturated carbocycles. The Kier molecular flexibility index (Phi) is 5.59. The molecule has 0 fully saturated rings. The lowest BCUT2D eigenvalue weighted by atomic mass is 10.2. The molecule has 0 N–H and O–H groups in total. The van der Waals surface area contributed by atoms with Crippen LogP contribution in [0.2, 0.25) is 0 Å². The normalized spacial score (nSPS) is 12.7. The Balaban J connectivity index is 2.43. The first kappa shape index (κ1) is 17.7. The lowest BCUT2D eigenvalue weighted by Crippen LogP contribution is -2.39. The maximum atomic E-state index is 12.9. The van der Waals surface area contributed by atoms with Crippen LogP contribution in [-0.4, -0.2) is 23.5 Å². The Labute approximate surface area is 145 Å². The first-order chi connectivity index (χ1) is 10.8. The number of amides is 1. The Bertz CT molecular complexity index is 771. The largest absolute Gasteiger partial charge is 0.272 e. The summed E-state index contributed by atoms with van der Waals surface area (Å²) in [4.78, 5) is 12.0. The molecule has 2 aromatic rings. The van der Waals surface area contributed by atoms with Crippen LogP contribution in [0.25, 0.3) is 0 Å². The fourth-order valence-electron chi connectivity index (χ4n) is 2.07. The number of hydrogen-bond donors (Lipinski definition) is 0. The molecule has 0 heterocycles. The Morgan fingerprint density at radius 3 is 2.17 bits per heavy atom. The van der Waals surface area contributed by atoms with E-state index in [1.54, 1.807) is 31.2 Å². The summed E-state index contributed by atoms with van der Waals surface area (Å²) >= 11 is 3.17. The van der Waals surface area contributed by atoms with Gasteiger partial charge in [-0.2, -0.15) is 0 Å². The van der Waals surface area contributed by atoms with Crippen LogP contribution in [0.5, 0.6) is 0 Å². The van der Waals surface area contributed by atoms with Gasteiger partial charge in [0.15, 0.2) is 0 Å². The second-order valence-corrected chi connectivity index (χ2v) is 8.50. The molecule has 2 rings (SSSR count). The molecule has 1 amide bonds. The Morgan fingerprint density at radius 2 is 1.65 bits per heavy atom. The number of alkyl halides is 1. The van der Waals surface area contributed by atoms with Crippen molar-refractivity contribution in [3.63, 3.8) is 0 Å². The van der Waals surface area contributed by atoms with Crippen molar-refractivity contribution in [3.8, 4) is 0 Å². The molecule has 0 radical (unpaired) electrons. The Hall–Kier alpha value is -1.66. The number of benzene rings is 2. The van der Waals surface area contributed by atoms with E-state index in [4.69, 9.17) is 0 Å². The summed E-state index contributed by atoms with van der Waals surface area (Å²) in [5, 5.41) is 0. The first-order valence-corrected chi connectivity index (χ1v) is 9.49. The van der Waals surface area contributed by atoms with E-state index in [1.807, 2.05) is 25.1 Å². The minimum atomic E-state index is -3.91. The van der Waals surface area contributed by atoms with E-state index in [2.05, 4.69) is 15.9 Å². The smallest absolute Gasteiger partial charge is 0.266 e. The number of sulfonamides is 1. The number of carbonyl (C=O) groups excluding carboxylic acids is 1. The molecule has 0 spiro atoms. The van der Waals surface area contributed by atoms with Gasteiger partial charge in [0, 0.05) is 0 Å². The number of nitrogens with zero attached hydrogens (tertiary/aromatic N) is 1. The second kappa shape index (κ2) is 7.27. The van der Waals surface area contributed by atoms with Crippen molar-refractivity contribution < 1.29 is 13.2 Å². The molecule has 0 aliphatic rings. The predicted octanol–water partition coefficient (Wildman–Crippen LogP) is 3.50. The van der Waals surface area contributed by atoms with Crippen molar-refractivity contribution in [3.05, 3.63) is 65.7 Å². The zero-order valence-corrected chi connectivity index (χ0v) is 15.3. The lowest BCUT2D eigenvalue weighted by molar-refractivity contribution is -0.125. The summed E-state index contributed by atoms with van der Waals surface area (Å²) in [5.41, 5.74) is 1.71. The SMILES string of the molecule is Cc1ccc(S(=O)(=O)N(Cc2ccccc2)C(=O)C(C)Br)cc1. The highest BCUT2D eigenvalue weighted by Gasteiger charge is 2.31. The van der Waals surface area contributed by atoms with Crippen LogP contribution < -0.4 is 0 Å². The van der Waals surface area contributed by atoms with Gasteiger partial charge in [0.25, 0.3) is 10.0 Å². The molecule has 0 aliphatic heterocycles. The van der Waals surface area contributed by atoms with Gasteiger partial charge >= 0.3 is 0 Å². The highest BCUT2D eigenvalue weighted by atomic mass is 79.9. The molecular formula is C17H18BrNO3S. The molecule has 122 valence electrons. The predicted molar refractivity (Wildman–Crippen MR) is 93.7 cm³/mol. The number of hydrogen-bond acceptors (Lipinski definition) is 3. The second-order valence-electron chi connectivity index (χ2n) is 5.26. The molecule has 4 nitrogen and oxygen atoms in total. The third-order valence-electron chi connectivity index (χ3n) is 3.36. The van der Waals surface area contributed by atoms with Crippen molar-refractivity contribution in [1.82, 2.24) is 4.31 Å². The highest BCUT2D eigenvalue weighted by molar-refractivity contribution is 9.10. The quantitative estimate of drug-likeness (QED) is 0.727. The molecule has 0 aliphatic carbocycles. The number of aryl methyl sites for hydroxylation is 1. The zero-order chi connectivity index (χ0) is 17.0. The summed E-state index contributed by atoms with van der Waals surface area (Å²) in [6, 6.07) is 15.5. The first-order valence-electron chi connectivity index (χ1n) is 7.13. The van der Waals surface area contributed by atoms with Crippen LogP contribution in [0.15, 0.2) is 59.5 Å². The number of carbonyl (C=O) groups is 1. The van der Waals surface area contributed by atoms with Crippen molar-refractivity contribution in [2.24, 2.45) is 0 Å². The molecule has 0 saturated heterocycles. The van der Waals surface area contributed by atoms with E-state index >= 15 is 0 Å². The Morgan fingerprint density at radius 1 is 1.09 bits per heavy atom. The van der Waals surface area contributed by atoms with Crippen LogP contribution in [0.1, 0.15) is 18.1 Å². The van der Waals surface area contributed by atoms with E-state index in [-0.39, 0.29) is 11.4 Å². The summed E-state index contributed by atoms with van der Waals surface area (Å²) in [7, 11) is -3.91. The van der Waals surface area contributed by atoms with Gasteiger partial charge in [-0.1, -0.05) is 64.0 Å². The molecule has 0 bridgehead atoms. The van der Waals surface area contributed by atoms with Crippen molar-refractivity contribution in [2.45, 2.75) is 30.1 Å². The fraction of sp³-hybridized carbons (Fsp3) is 0.235. The lowest BCUT2D eigenvalue weighted by Gasteiger charge is -2.24. The minimum Gasteiger partial charge on any atom is -0.272 e. The monoisotopic (exact) mass is 395 g/mol. The highest BCUT2D eigenvalue weighted by Crippen LogP contribution is 2.21. The third kappa shape index (κ3) is 4.20. The van der Waals surface area contributed by atoms with Gasteiger partial charge in [0.1, 0.15) is 0 Å². The van der Waals surface area contributed by atoms with E-state index in [9.17, 15) is 13.2 Å². The van der Waals surface area contributed by atoms with Crippen molar-refractivity contribution in [1.29, 1.82) is 0 Å². The molecule has 23 heavy (non-hydrogen) atoms. The van der Waals surface area contributed by atoms with Crippen molar-refractivity contribution in [2.75, 3.05) is 0 Å². The van der Waals surface area contributed by atoms with Crippen LogP contribution in [0.4, 0.5) is 0 Å². The summed E-state index contributed by atoms with van der Waals surface area (Å²) in [5.74, 6) is -0.491. The van der Waals surface area contributed by atoms with Gasteiger partial charge < -0.3 is 0 Å². The maximum absolute atomic E-state index is 12.9. The third-order valence-corrected chi connectivity index (χ3v) is 5.51. The van der Waals surface area contributed by atoms with Gasteiger partial charge in [-0.05, 0) is 31.5 Å². The summed E-state index contributed by atoms with van der Waals surface area (Å²) < 4.78 is 26.7. The van der Waals surface area contributed by atoms with Gasteiger partial charge in [-0.3, -0.25) is 4.79 Å². The zero-order valence-electron chi connectivity index (χ0n) is 12.9. The van der Waals surface area contributed by atoms with Crippen LogP contribution in [0.3, 0.4) is 0 Å². The van der Waals surface area contributed by atoms with E-state index in [1.165, 1.54) is 12.1 Å². The minimum absolute atomic E-state index is 0.00578. The molecule has 6 heteroatoms. The molecule has 1 atom stereocenters. The topological polar surface area (TPSA) is 54.5 Å². The standard InChI is InChI=1S/C17H18BrNO3S/c1-13-8-10-16(11-9-13)23(21,22)19(17(20)14(2)18)12-15-6-4-3-5-7-15/h3-11,14H,12H2,1-2H3. The summed E-state index contributed by atoms with van der Waals surface area (Å²) in [6.07, 6.45) is 0. The summed E-state index contributed by atoms with van der Waals surface area (Å²) in [6.45, 7) is 3.50. The van der Waals surface area contributed by atoms with E-state index in [0.717, 1.165) is 15.4 Å². The van der Waals surface area contributed by atoms with Crippen LogP contribution in [0, 0.1) is 6.92 Å². The molecule has 2 aromatic carbocycles. The average Bonchev–Trinajstić information content (AvgIpc) is 2.53. The molecule has 0 aromatic heterocycles. The van der Waals surface area contributed by atoms with Gasteiger partial charge in [-0.15, -0.1) is 0 Å².